The van der Waals surface area contributed by atoms with Gasteiger partial charge in [0.05, 0.1) is 0 Å². The van der Waals surface area contributed by atoms with Gasteiger partial charge < -0.3 is 4.74 Å². The molecule has 0 amide bonds. The Morgan fingerprint density at radius 1 is 1.10 bits per heavy atom. The van der Waals surface area contributed by atoms with Crippen LogP contribution in [0.5, 0.6) is 5.75 Å². The number of hydrogen-bond acceptors (Lipinski definition) is 1. The molecule has 0 saturated heterocycles. The molecule has 0 atom stereocenters. The Labute approximate surface area is 135 Å². The third-order valence-corrected chi connectivity index (χ3v) is 4.22. The molecule has 0 aliphatic rings. The third-order valence-electron chi connectivity index (χ3n) is 2.99. The second-order valence-corrected chi connectivity index (χ2v) is 6.63. The Kier molecular flexibility index (Phi) is 5.22. The van der Waals surface area contributed by atoms with Gasteiger partial charge in [0.1, 0.15) is 18.2 Å². The zero-order chi connectivity index (χ0) is 14.7. The zero-order valence-electron chi connectivity index (χ0n) is 11.3. The van der Waals surface area contributed by atoms with Crippen molar-refractivity contribution in [2.45, 2.75) is 26.4 Å². The van der Waals surface area contributed by atoms with Gasteiger partial charge >= 0.3 is 0 Å². The van der Waals surface area contributed by atoms with E-state index >= 15 is 0 Å². The first-order valence-corrected chi connectivity index (χ1v) is 7.92. The Hall–Kier alpha value is -0.870. The summed E-state index contributed by atoms with van der Waals surface area (Å²) in [4.78, 5) is 0. The van der Waals surface area contributed by atoms with E-state index in [1.807, 2.05) is 12.1 Å². The van der Waals surface area contributed by atoms with E-state index in [4.69, 9.17) is 4.74 Å². The first-order chi connectivity index (χ1) is 9.47. The summed E-state index contributed by atoms with van der Waals surface area (Å²) < 4.78 is 20.7. The van der Waals surface area contributed by atoms with E-state index in [1.54, 1.807) is 6.07 Å². The molecule has 0 saturated carbocycles. The number of benzene rings is 2. The standard InChI is InChI=1S/C16H15Br2FO/c1-10(2)14-7-12(17)4-6-16(14)20-9-11-3-5-13(19)8-15(11)18/h3-8,10H,9H2,1-2H3. The highest BCUT2D eigenvalue weighted by Crippen LogP contribution is 2.30. The predicted molar refractivity (Wildman–Crippen MR) is 86.7 cm³/mol. The summed E-state index contributed by atoms with van der Waals surface area (Å²) >= 11 is 6.83. The molecule has 0 radical (unpaired) electrons. The fraction of sp³-hybridized carbons (Fsp3) is 0.250. The smallest absolute Gasteiger partial charge is 0.124 e. The molecule has 1 nitrogen and oxygen atoms in total. The van der Waals surface area contributed by atoms with Crippen LogP contribution in [0.1, 0.15) is 30.9 Å². The molecule has 0 aliphatic carbocycles. The van der Waals surface area contributed by atoms with Crippen LogP contribution in [0, 0.1) is 5.82 Å². The highest BCUT2D eigenvalue weighted by Gasteiger charge is 2.10. The van der Waals surface area contributed by atoms with Gasteiger partial charge in [0.15, 0.2) is 0 Å². The van der Waals surface area contributed by atoms with Crippen molar-refractivity contribution >= 4 is 31.9 Å². The van der Waals surface area contributed by atoms with Crippen molar-refractivity contribution in [2.24, 2.45) is 0 Å². The molecular weight excluding hydrogens is 387 g/mol. The lowest BCUT2D eigenvalue weighted by atomic mass is 10.0. The molecule has 20 heavy (non-hydrogen) atoms. The van der Waals surface area contributed by atoms with E-state index in [1.165, 1.54) is 12.1 Å². The van der Waals surface area contributed by atoms with Gasteiger partial charge in [-0.3, -0.25) is 0 Å². The van der Waals surface area contributed by atoms with Crippen LogP contribution in [0.3, 0.4) is 0 Å². The summed E-state index contributed by atoms with van der Waals surface area (Å²) in [5, 5.41) is 0. The minimum absolute atomic E-state index is 0.257. The largest absolute Gasteiger partial charge is 0.489 e. The Morgan fingerprint density at radius 2 is 1.85 bits per heavy atom. The topological polar surface area (TPSA) is 9.23 Å². The normalized spacial score (nSPS) is 10.9. The van der Waals surface area contributed by atoms with Crippen molar-refractivity contribution < 1.29 is 9.13 Å². The Bertz CT molecular complexity index is 611. The van der Waals surface area contributed by atoms with Gasteiger partial charge in [-0.15, -0.1) is 0 Å². The SMILES string of the molecule is CC(C)c1cc(Br)ccc1OCc1ccc(F)cc1Br. The van der Waals surface area contributed by atoms with Crippen molar-refractivity contribution in [3.8, 4) is 5.75 Å². The second kappa shape index (κ2) is 6.72. The average Bonchev–Trinajstić information content (AvgIpc) is 2.38. The minimum atomic E-state index is -0.257. The first kappa shape index (κ1) is 15.5. The van der Waals surface area contributed by atoms with Crippen LogP contribution >= 0.6 is 31.9 Å². The monoisotopic (exact) mass is 400 g/mol. The predicted octanol–water partition coefficient (Wildman–Crippen LogP) is 6.05. The zero-order valence-corrected chi connectivity index (χ0v) is 14.5. The van der Waals surface area contributed by atoms with Crippen LogP contribution in [-0.2, 0) is 6.61 Å². The van der Waals surface area contributed by atoms with Gasteiger partial charge in [-0.05, 0) is 41.8 Å². The van der Waals surface area contributed by atoms with Crippen molar-refractivity contribution in [2.75, 3.05) is 0 Å². The fourth-order valence-corrected chi connectivity index (χ4v) is 2.74. The number of hydrogen-bond donors (Lipinski definition) is 0. The van der Waals surface area contributed by atoms with Gasteiger partial charge in [0, 0.05) is 14.5 Å². The van der Waals surface area contributed by atoms with Crippen LogP contribution in [0.25, 0.3) is 0 Å². The van der Waals surface area contributed by atoms with Crippen LogP contribution < -0.4 is 4.74 Å². The van der Waals surface area contributed by atoms with Crippen molar-refractivity contribution in [1.29, 1.82) is 0 Å². The fourth-order valence-electron chi connectivity index (χ4n) is 1.90. The molecule has 0 aliphatic heterocycles. The summed E-state index contributed by atoms with van der Waals surface area (Å²) in [6, 6.07) is 10.6. The van der Waals surface area contributed by atoms with Crippen molar-refractivity contribution in [1.82, 2.24) is 0 Å². The third kappa shape index (κ3) is 3.83. The summed E-state index contributed by atoms with van der Waals surface area (Å²) in [6.07, 6.45) is 0. The molecule has 0 N–H and O–H groups in total. The molecule has 0 bridgehead atoms. The average molecular weight is 402 g/mol. The van der Waals surface area contributed by atoms with E-state index < -0.39 is 0 Å². The molecule has 0 heterocycles. The van der Waals surface area contributed by atoms with Gasteiger partial charge in [-0.2, -0.15) is 0 Å². The molecule has 0 fully saturated rings. The maximum absolute atomic E-state index is 13.0. The highest BCUT2D eigenvalue weighted by molar-refractivity contribution is 9.10. The van der Waals surface area contributed by atoms with Crippen LogP contribution in [-0.4, -0.2) is 0 Å². The molecule has 2 aromatic rings. The van der Waals surface area contributed by atoms with E-state index in [0.29, 0.717) is 12.5 Å². The molecule has 0 unspecified atom stereocenters. The van der Waals surface area contributed by atoms with Gasteiger partial charge in [0.2, 0.25) is 0 Å². The Morgan fingerprint density at radius 3 is 2.50 bits per heavy atom. The lowest BCUT2D eigenvalue weighted by Gasteiger charge is -2.15. The maximum Gasteiger partial charge on any atom is 0.124 e. The minimum Gasteiger partial charge on any atom is -0.489 e. The number of ether oxygens (including phenoxy) is 1. The number of rotatable bonds is 4. The lowest BCUT2D eigenvalue weighted by molar-refractivity contribution is 0.301. The first-order valence-electron chi connectivity index (χ1n) is 6.33. The van der Waals surface area contributed by atoms with Gasteiger partial charge in [-0.25, -0.2) is 4.39 Å². The molecule has 0 spiro atoms. The maximum atomic E-state index is 13.0. The van der Waals surface area contributed by atoms with Crippen LogP contribution in [0.2, 0.25) is 0 Å². The van der Waals surface area contributed by atoms with Crippen molar-refractivity contribution in [3.05, 3.63) is 62.3 Å². The summed E-state index contributed by atoms with van der Waals surface area (Å²) in [6.45, 7) is 4.66. The summed E-state index contributed by atoms with van der Waals surface area (Å²) in [7, 11) is 0. The Balaban J connectivity index is 2.18. The molecule has 2 aromatic carbocycles. The van der Waals surface area contributed by atoms with Crippen LogP contribution in [0.4, 0.5) is 4.39 Å². The van der Waals surface area contributed by atoms with E-state index in [2.05, 4.69) is 51.8 Å². The quantitative estimate of drug-likeness (QED) is 0.605. The molecule has 0 aromatic heterocycles. The molecule has 2 rings (SSSR count). The molecule has 4 heteroatoms. The second-order valence-electron chi connectivity index (χ2n) is 4.86. The molecule has 106 valence electrons. The lowest BCUT2D eigenvalue weighted by Crippen LogP contribution is -2.01. The highest BCUT2D eigenvalue weighted by atomic mass is 79.9. The molecular formula is C16H15Br2FO. The van der Waals surface area contributed by atoms with Crippen LogP contribution in [0.15, 0.2) is 45.3 Å². The van der Waals surface area contributed by atoms with Crippen molar-refractivity contribution in [3.63, 3.8) is 0 Å². The van der Waals surface area contributed by atoms with E-state index in [0.717, 1.165) is 25.8 Å². The summed E-state index contributed by atoms with van der Waals surface area (Å²) in [5.41, 5.74) is 2.07. The van der Waals surface area contributed by atoms with Gasteiger partial charge in [0.25, 0.3) is 0 Å². The van der Waals surface area contributed by atoms with E-state index in [9.17, 15) is 4.39 Å². The van der Waals surface area contributed by atoms with Gasteiger partial charge in [-0.1, -0.05) is 51.8 Å². The van der Waals surface area contributed by atoms with E-state index in [-0.39, 0.29) is 5.82 Å². The summed E-state index contributed by atoms with van der Waals surface area (Å²) in [5.74, 6) is 0.978. The number of halogens is 3.